The third kappa shape index (κ3) is 4.57. The molecule has 0 unspecified atom stereocenters. The Bertz CT molecular complexity index is 742. The molecule has 1 aromatic heterocycles. The summed E-state index contributed by atoms with van der Waals surface area (Å²) in [5.74, 6) is 2.30. The van der Waals surface area contributed by atoms with Gasteiger partial charge in [0, 0.05) is 26.7 Å². The molecule has 0 aromatic carbocycles. The van der Waals surface area contributed by atoms with Crippen molar-refractivity contribution >= 4 is 9.84 Å². The lowest BCUT2D eigenvalue weighted by molar-refractivity contribution is 0.0798. The average Bonchev–Trinajstić information content (AvgIpc) is 3.37. The van der Waals surface area contributed by atoms with Gasteiger partial charge in [0.2, 0.25) is 15.0 Å². The Morgan fingerprint density at radius 1 is 1.15 bits per heavy atom. The summed E-state index contributed by atoms with van der Waals surface area (Å²) in [7, 11) is -1.66. The second kappa shape index (κ2) is 8.21. The van der Waals surface area contributed by atoms with E-state index >= 15 is 0 Å². The fraction of sp³-hybridized carbons (Fsp3) is 0.850. The van der Waals surface area contributed by atoms with E-state index in [1.807, 2.05) is 4.57 Å². The van der Waals surface area contributed by atoms with Crippen LogP contribution in [0.4, 0.5) is 0 Å². The monoisotopic (exact) mass is 395 g/mol. The van der Waals surface area contributed by atoms with Crippen LogP contribution < -0.4 is 0 Å². The summed E-state index contributed by atoms with van der Waals surface area (Å²) in [6.45, 7) is 4.09. The normalized spacial score (nSPS) is 26.9. The fourth-order valence-electron chi connectivity index (χ4n) is 4.91. The summed E-state index contributed by atoms with van der Waals surface area (Å²) in [6, 6.07) is 0. The third-order valence-electron chi connectivity index (χ3n) is 6.61. The highest BCUT2D eigenvalue weighted by atomic mass is 32.2. The van der Waals surface area contributed by atoms with E-state index in [-0.39, 0.29) is 10.9 Å². The Balaban J connectivity index is 1.49. The predicted octanol–water partition coefficient (Wildman–Crippen LogP) is 2.73. The first-order chi connectivity index (χ1) is 13.1. The molecule has 2 heterocycles. The summed E-state index contributed by atoms with van der Waals surface area (Å²) in [4.78, 5) is 6.87. The van der Waals surface area contributed by atoms with Crippen molar-refractivity contribution < 1.29 is 13.2 Å². The van der Waals surface area contributed by atoms with Crippen LogP contribution in [0.25, 0.3) is 0 Å². The van der Waals surface area contributed by atoms with Gasteiger partial charge in [0.05, 0.1) is 24.3 Å². The van der Waals surface area contributed by atoms with Crippen molar-refractivity contribution in [1.29, 1.82) is 0 Å². The van der Waals surface area contributed by atoms with Crippen LogP contribution in [0, 0.1) is 17.8 Å². The number of hydrogen-bond acceptors (Lipinski definition) is 5. The second-order valence-electron chi connectivity index (χ2n) is 8.73. The summed E-state index contributed by atoms with van der Waals surface area (Å²) in [5, 5.41) is 0.244. The van der Waals surface area contributed by atoms with Gasteiger partial charge in [-0.25, -0.2) is 13.4 Å². The van der Waals surface area contributed by atoms with E-state index < -0.39 is 9.84 Å². The number of imidazole rings is 1. The van der Waals surface area contributed by atoms with E-state index in [0.717, 1.165) is 50.0 Å². The smallest absolute Gasteiger partial charge is 0.227 e. The second-order valence-corrected chi connectivity index (χ2v) is 10.7. The third-order valence-corrected chi connectivity index (χ3v) is 8.40. The number of methoxy groups -OCH3 is 1. The number of aromatic nitrogens is 2. The molecule has 7 heteroatoms. The van der Waals surface area contributed by atoms with Crippen molar-refractivity contribution in [3.8, 4) is 0 Å². The molecule has 1 aromatic rings. The van der Waals surface area contributed by atoms with Crippen LogP contribution in [0.15, 0.2) is 11.4 Å². The number of sulfone groups is 1. The standard InChI is InChI=1S/C20H33N3O3S/c1-26-11-10-23-19(12-21-20(23)27(24,25)15-16-6-7-16)14-22-9-8-17-4-2-3-5-18(17)13-22/h12,16-18H,2-11,13-15H2,1H3/t17-,18+/m1/s1. The van der Waals surface area contributed by atoms with Gasteiger partial charge in [0.1, 0.15) is 0 Å². The van der Waals surface area contributed by atoms with Crippen molar-refractivity contribution in [2.24, 2.45) is 17.8 Å². The van der Waals surface area contributed by atoms with Crippen molar-refractivity contribution in [2.75, 3.05) is 32.6 Å². The molecule has 3 fully saturated rings. The molecule has 6 nitrogen and oxygen atoms in total. The van der Waals surface area contributed by atoms with Crippen molar-refractivity contribution in [3.05, 3.63) is 11.9 Å². The van der Waals surface area contributed by atoms with E-state index in [1.54, 1.807) is 13.3 Å². The summed E-state index contributed by atoms with van der Waals surface area (Å²) in [6.07, 6.45) is 10.6. The molecule has 4 rings (SSSR count). The Morgan fingerprint density at radius 3 is 2.67 bits per heavy atom. The Morgan fingerprint density at radius 2 is 1.93 bits per heavy atom. The molecule has 2 aliphatic carbocycles. The zero-order chi connectivity index (χ0) is 18.9. The van der Waals surface area contributed by atoms with Gasteiger partial charge in [-0.1, -0.05) is 19.3 Å². The summed E-state index contributed by atoms with van der Waals surface area (Å²) < 4.78 is 32.8. The van der Waals surface area contributed by atoms with Crippen LogP contribution in [0.3, 0.4) is 0 Å². The highest BCUT2D eigenvalue weighted by Gasteiger charge is 2.34. The lowest BCUT2D eigenvalue weighted by Gasteiger charge is -2.41. The van der Waals surface area contributed by atoms with Gasteiger partial charge in [0.25, 0.3) is 0 Å². The SMILES string of the molecule is COCCn1c(CN2CC[C@H]3CCCC[C@H]3C2)cnc1S(=O)(=O)CC1CC1. The molecule has 0 bridgehead atoms. The van der Waals surface area contributed by atoms with E-state index in [0.29, 0.717) is 19.1 Å². The molecule has 0 amide bonds. The number of hydrogen-bond donors (Lipinski definition) is 0. The largest absolute Gasteiger partial charge is 0.383 e. The zero-order valence-corrected chi connectivity index (χ0v) is 17.3. The molecular formula is C20H33N3O3S. The molecule has 1 saturated heterocycles. The number of likely N-dealkylation sites (tertiary alicyclic amines) is 1. The van der Waals surface area contributed by atoms with Crippen LogP contribution in [0.1, 0.15) is 50.6 Å². The first kappa shape index (κ1) is 19.4. The van der Waals surface area contributed by atoms with Crippen LogP contribution in [-0.2, 0) is 27.7 Å². The Hall–Kier alpha value is -0.920. The molecule has 2 atom stereocenters. The molecule has 0 N–H and O–H groups in total. The summed E-state index contributed by atoms with van der Waals surface area (Å²) >= 11 is 0. The summed E-state index contributed by atoms with van der Waals surface area (Å²) in [5.41, 5.74) is 1.01. The molecule has 0 radical (unpaired) electrons. The van der Waals surface area contributed by atoms with Crippen molar-refractivity contribution in [1.82, 2.24) is 14.5 Å². The molecule has 3 aliphatic rings. The molecule has 2 saturated carbocycles. The highest BCUT2D eigenvalue weighted by molar-refractivity contribution is 7.91. The molecular weight excluding hydrogens is 362 g/mol. The maximum absolute atomic E-state index is 12.8. The minimum absolute atomic E-state index is 0.240. The number of nitrogens with zero attached hydrogens (tertiary/aromatic N) is 3. The van der Waals surface area contributed by atoms with Gasteiger partial charge >= 0.3 is 0 Å². The van der Waals surface area contributed by atoms with Gasteiger partial charge in [0.15, 0.2) is 0 Å². The van der Waals surface area contributed by atoms with E-state index in [1.165, 1.54) is 32.1 Å². The van der Waals surface area contributed by atoms with Crippen LogP contribution in [0.5, 0.6) is 0 Å². The highest BCUT2D eigenvalue weighted by Crippen LogP contribution is 2.36. The van der Waals surface area contributed by atoms with Gasteiger partial charge in [-0.3, -0.25) is 4.90 Å². The van der Waals surface area contributed by atoms with E-state index in [2.05, 4.69) is 9.88 Å². The minimum atomic E-state index is -3.32. The van der Waals surface area contributed by atoms with Gasteiger partial charge < -0.3 is 9.30 Å². The quantitative estimate of drug-likeness (QED) is 0.677. The fourth-order valence-corrected chi connectivity index (χ4v) is 6.77. The van der Waals surface area contributed by atoms with E-state index in [9.17, 15) is 8.42 Å². The topological polar surface area (TPSA) is 64.4 Å². The number of rotatable bonds is 8. The average molecular weight is 396 g/mol. The zero-order valence-electron chi connectivity index (χ0n) is 16.5. The lowest BCUT2D eigenvalue weighted by Crippen LogP contribution is -2.41. The first-order valence-electron chi connectivity index (χ1n) is 10.6. The number of fused-ring (bicyclic) bond motifs is 1. The predicted molar refractivity (Wildman–Crippen MR) is 104 cm³/mol. The Labute approximate surface area is 163 Å². The molecule has 27 heavy (non-hydrogen) atoms. The lowest BCUT2D eigenvalue weighted by atomic mass is 9.75. The number of ether oxygens (including phenoxy) is 1. The molecule has 152 valence electrons. The van der Waals surface area contributed by atoms with Crippen molar-refractivity contribution in [2.45, 2.75) is 63.2 Å². The minimum Gasteiger partial charge on any atom is -0.383 e. The Kier molecular flexibility index (Phi) is 5.90. The van der Waals surface area contributed by atoms with Gasteiger partial charge in [-0.05, 0) is 50.0 Å². The number of piperidine rings is 1. The molecule has 1 aliphatic heterocycles. The maximum Gasteiger partial charge on any atom is 0.227 e. The van der Waals surface area contributed by atoms with Crippen LogP contribution in [-0.4, -0.2) is 55.4 Å². The van der Waals surface area contributed by atoms with E-state index in [4.69, 9.17) is 4.74 Å². The first-order valence-corrected chi connectivity index (χ1v) is 12.2. The van der Waals surface area contributed by atoms with Crippen LogP contribution in [0.2, 0.25) is 0 Å². The molecule has 0 spiro atoms. The van der Waals surface area contributed by atoms with Gasteiger partial charge in [-0.2, -0.15) is 0 Å². The van der Waals surface area contributed by atoms with Gasteiger partial charge in [-0.15, -0.1) is 0 Å². The maximum atomic E-state index is 12.8. The van der Waals surface area contributed by atoms with Crippen LogP contribution >= 0.6 is 0 Å². The van der Waals surface area contributed by atoms with Crippen molar-refractivity contribution in [3.63, 3.8) is 0 Å².